The molecule has 0 bridgehead atoms. The van der Waals surface area contributed by atoms with Crippen LogP contribution in [0.25, 0.3) is 10.9 Å². The largest absolute Gasteiger partial charge is 0.497 e. The van der Waals surface area contributed by atoms with Crippen molar-refractivity contribution in [3.8, 4) is 23.3 Å². The Kier molecular flexibility index (Phi) is 9.56. The average molecular weight is 519 g/mol. The second-order valence-corrected chi connectivity index (χ2v) is 9.83. The minimum absolute atomic E-state index is 0.125. The number of likely N-dealkylation sites (tertiary alicyclic amines) is 1. The molecule has 1 aliphatic heterocycles. The van der Waals surface area contributed by atoms with Crippen LogP contribution in [0, 0.1) is 23.7 Å². The van der Waals surface area contributed by atoms with Crippen molar-refractivity contribution in [3.05, 3.63) is 65.9 Å². The Morgan fingerprint density at radius 3 is 2.61 bits per heavy atom. The van der Waals surface area contributed by atoms with Gasteiger partial charge >= 0.3 is 5.97 Å². The van der Waals surface area contributed by atoms with Gasteiger partial charge in [0.1, 0.15) is 17.7 Å². The first-order valence-electron chi connectivity index (χ1n) is 13.1. The van der Waals surface area contributed by atoms with E-state index in [0.717, 1.165) is 41.7 Å². The maximum Gasteiger partial charge on any atom is 0.303 e. The van der Waals surface area contributed by atoms with Gasteiger partial charge < -0.3 is 14.6 Å². The van der Waals surface area contributed by atoms with Gasteiger partial charge in [-0.25, -0.2) is 4.39 Å². The highest BCUT2D eigenvalue weighted by atomic mass is 19.1. The van der Waals surface area contributed by atoms with Gasteiger partial charge in [-0.05, 0) is 98.2 Å². The Balaban J connectivity index is 1.38. The van der Waals surface area contributed by atoms with E-state index in [1.54, 1.807) is 26.5 Å². The number of carbonyl (C=O) groups is 1. The van der Waals surface area contributed by atoms with Crippen LogP contribution in [0.3, 0.4) is 0 Å². The molecule has 1 aliphatic rings. The van der Waals surface area contributed by atoms with Gasteiger partial charge in [-0.1, -0.05) is 11.8 Å². The molecule has 1 aromatic heterocycles. The molecular formula is C31H35FN2O4. The second-order valence-electron chi connectivity index (χ2n) is 9.83. The number of fused-ring (bicyclic) bond motifs is 1. The summed E-state index contributed by atoms with van der Waals surface area (Å²) in [6.45, 7) is 2.28. The van der Waals surface area contributed by atoms with Crippen LogP contribution in [-0.2, 0) is 4.79 Å². The molecule has 38 heavy (non-hydrogen) atoms. The normalized spacial score (nSPS) is 18.4. The Morgan fingerprint density at radius 1 is 1.11 bits per heavy atom. The zero-order valence-electron chi connectivity index (χ0n) is 22.0. The summed E-state index contributed by atoms with van der Waals surface area (Å²) < 4.78 is 26.1. The molecule has 0 aliphatic carbocycles. The average Bonchev–Trinajstić information content (AvgIpc) is 2.95. The number of alkyl halides is 1. The van der Waals surface area contributed by atoms with E-state index in [9.17, 15) is 9.90 Å². The molecular weight excluding hydrogens is 483 g/mol. The van der Waals surface area contributed by atoms with Crippen LogP contribution in [0.5, 0.6) is 11.5 Å². The minimum atomic E-state index is -1.12. The molecule has 3 atom stereocenters. The number of pyridine rings is 1. The van der Waals surface area contributed by atoms with Crippen LogP contribution in [0.1, 0.15) is 49.4 Å². The molecule has 4 rings (SSSR count). The van der Waals surface area contributed by atoms with Gasteiger partial charge in [0.2, 0.25) is 0 Å². The van der Waals surface area contributed by atoms with Gasteiger partial charge in [0, 0.05) is 30.1 Å². The van der Waals surface area contributed by atoms with Crippen molar-refractivity contribution in [2.45, 2.75) is 38.3 Å². The molecule has 0 saturated carbocycles. The fraction of sp³-hybridized carbons (Fsp3) is 0.419. The highest BCUT2D eigenvalue weighted by Crippen LogP contribution is 2.36. The second kappa shape index (κ2) is 13.3. The summed E-state index contributed by atoms with van der Waals surface area (Å²) in [4.78, 5) is 18.0. The third-order valence-electron chi connectivity index (χ3n) is 7.44. The summed E-state index contributed by atoms with van der Waals surface area (Å²) >= 11 is 0. The van der Waals surface area contributed by atoms with Crippen LogP contribution < -0.4 is 9.47 Å². The van der Waals surface area contributed by atoms with E-state index in [1.165, 1.54) is 0 Å². The van der Waals surface area contributed by atoms with Crippen molar-refractivity contribution >= 4 is 16.9 Å². The molecule has 2 unspecified atom stereocenters. The number of hydrogen-bond acceptors (Lipinski definition) is 5. The summed E-state index contributed by atoms with van der Waals surface area (Å²) in [5.41, 5.74) is 2.30. The number of halogens is 1. The van der Waals surface area contributed by atoms with E-state index in [1.807, 2.05) is 42.5 Å². The van der Waals surface area contributed by atoms with Crippen molar-refractivity contribution in [2.24, 2.45) is 11.8 Å². The van der Waals surface area contributed by atoms with Gasteiger partial charge in [0.15, 0.2) is 0 Å². The molecule has 2 aromatic carbocycles. The predicted octanol–water partition coefficient (Wildman–Crippen LogP) is 5.90. The molecule has 2 heterocycles. The van der Waals surface area contributed by atoms with Gasteiger partial charge in [-0.2, -0.15) is 0 Å². The Labute approximate surface area is 223 Å². The van der Waals surface area contributed by atoms with E-state index in [2.05, 4.69) is 21.7 Å². The van der Waals surface area contributed by atoms with E-state index in [-0.39, 0.29) is 18.3 Å². The van der Waals surface area contributed by atoms with Crippen molar-refractivity contribution in [2.75, 3.05) is 33.9 Å². The lowest BCUT2D eigenvalue weighted by Gasteiger charge is -2.38. The monoisotopic (exact) mass is 518 g/mol. The quantitative estimate of drug-likeness (QED) is 0.337. The highest BCUT2D eigenvalue weighted by Gasteiger charge is 2.30. The lowest BCUT2D eigenvalue weighted by atomic mass is 9.79. The van der Waals surface area contributed by atoms with Gasteiger partial charge in [0.25, 0.3) is 0 Å². The maximum absolute atomic E-state index is 15.5. The number of ether oxygens (including phenoxy) is 2. The third-order valence-corrected chi connectivity index (χ3v) is 7.44. The topological polar surface area (TPSA) is 71.9 Å². The molecule has 3 aromatic rings. The first-order chi connectivity index (χ1) is 18.5. The molecule has 6 nitrogen and oxygen atoms in total. The smallest absolute Gasteiger partial charge is 0.303 e. The number of aromatic nitrogens is 1. The number of rotatable bonds is 10. The number of piperidine rings is 1. The lowest BCUT2D eigenvalue weighted by molar-refractivity contribution is -0.137. The van der Waals surface area contributed by atoms with Crippen molar-refractivity contribution in [1.29, 1.82) is 0 Å². The molecule has 0 spiro atoms. The first-order valence-corrected chi connectivity index (χ1v) is 13.1. The molecule has 7 heteroatoms. The van der Waals surface area contributed by atoms with E-state index in [4.69, 9.17) is 9.47 Å². The van der Waals surface area contributed by atoms with Crippen molar-refractivity contribution in [1.82, 2.24) is 9.88 Å². The molecule has 200 valence electrons. The number of carboxylic acids is 1. The number of benzene rings is 2. The molecule has 1 N–H and O–H groups in total. The molecule has 0 amide bonds. The minimum Gasteiger partial charge on any atom is -0.497 e. The Morgan fingerprint density at radius 2 is 1.87 bits per heavy atom. The summed E-state index contributed by atoms with van der Waals surface area (Å²) in [5.74, 6) is 7.60. The third kappa shape index (κ3) is 7.23. The van der Waals surface area contributed by atoms with Gasteiger partial charge in [-0.15, -0.1) is 0 Å². The lowest BCUT2D eigenvalue weighted by Crippen LogP contribution is -2.41. The maximum atomic E-state index is 15.5. The Bertz CT molecular complexity index is 1280. The fourth-order valence-corrected chi connectivity index (χ4v) is 5.31. The van der Waals surface area contributed by atoms with Crippen LogP contribution in [0.4, 0.5) is 4.39 Å². The van der Waals surface area contributed by atoms with Crippen molar-refractivity contribution < 1.29 is 23.8 Å². The number of carboxylic acid groups (broad SMARTS) is 1. The van der Waals surface area contributed by atoms with Crippen LogP contribution >= 0.6 is 0 Å². The summed E-state index contributed by atoms with van der Waals surface area (Å²) in [7, 11) is 3.23. The van der Waals surface area contributed by atoms with Gasteiger partial charge in [0.05, 0.1) is 26.3 Å². The summed E-state index contributed by atoms with van der Waals surface area (Å²) in [5, 5.41) is 10.1. The SMILES string of the molecule is COc1ccc(C#CCN2CCC(CC[C@H](F)c3ccnc4ccc(OC)cc34)C(CCC(=O)O)C2)cc1. The van der Waals surface area contributed by atoms with E-state index < -0.39 is 12.1 Å². The molecule has 1 fully saturated rings. The number of aliphatic carboxylic acids is 1. The first kappa shape index (κ1) is 27.4. The van der Waals surface area contributed by atoms with Crippen LogP contribution in [-0.4, -0.2) is 54.8 Å². The standard InChI is InChI=1S/C31H35FN2O4/c1-37-25-9-5-22(6-10-25)4-3-18-34-19-16-23(24(21-34)8-14-31(35)36)7-12-29(32)27-15-17-33-30-13-11-26(38-2)20-28(27)30/h5-6,9-11,13,15,17,20,23-24,29H,7-8,12,14,16,18-19,21H2,1-2H3,(H,35,36)/t23?,24?,29-/m0/s1. The molecule has 0 radical (unpaired) electrons. The van der Waals surface area contributed by atoms with Gasteiger partial charge in [-0.3, -0.25) is 14.7 Å². The number of methoxy groups -OCH3 is 2. The van der Waals surface area contributed by atoms with E-state index in [0.29, 0.717) is 37.1 Å². The number of nitrogens with zero attached hydrogens (tertiary/aromatic N) is 2. The van der Waals surface area contributed by atoms with Crippen molar-refractivity contribution in [3.63, 3.8) is 0 Å². The van der Waals surface area contributed by atoms with Crippen LogP contribution in [0.15, 0.2) is 54.7 Å². The Hall–Kier alpha value is -3.63. The predicted molar refractivity (Wildman–Crippen MR) is 146 cm³/mol. The zero-order chi connectivity index (χ0) is 26.9. The highest BCUT2D eigenvalue weighted by molar-refractivity contribution is 5.83. The van der Waals surface area contributed by atoms with Crippen LogP contribution in [0.2, 0.25) is 0 Å². The van der Waals surface area contributed by atoms with E-state index >= 15 is 4.39 Å². The fourth-order valence-electron chi connectivity index (χ4n) is 5.31. The number of hydrogen-bond donors (Lipinski definition) is 1. The molecule has 1 saturated heterocycles. The summed E-state index contributed by atoms with van der Waals surface area (Å²) in [6.07, 6.45) is 3.26. The summed E-state index contributed by atoms with van der Waals surface area (Å²) in [6, 6.07) is 14.9. The zero-order valence-corrected chi connectivity index (χ0v) is 22.0.